The molecule has 7 aromatic carbocycles. The van der Waals surface area contributed by atoms with Crippen molar-refractivity contribution < 1.29 is 13.3 Å². The Bertz CT molecular complexity index is 3180. The molecule has 11 rings (SSSR count). The first kappa shape index (κ1) is 29.4. The van der Waals surface area contributed by atoms with E-state index in [0.717, 1.165) is 71.7 Å². The Morgan fingerprint density at radius 2 is 0.887 bits per heavy atom. The van der Waals surface area contributed by atoms with E-state index in [0.29, 0.717) is 40.0 Å². The molecular formula is C46H26N4O3. The summed E-state index contributed by atoms with van der Waals surface area (Å²) in [5, 5.41) is 3.84. The second-order valence-corrected chi connectivity index (χ2v) is 13.0. The summed E-state index contributed by atoms with van der Waals surface area (Å²) in [6.07, 6.45) is 0. The highest BCUT2D eigenvalue weighted by molar-refractivity contribution is 6.14. The summed E-state index contributed by atoms with van der Waals surface area (Å²) < 4.78 is 19.2. The number of rotatable bonds is 5. The first-order valence-electron chi connectivity index (χ1n) is 17.4. The third-order valence-corrected chi connectivity index (χ3v) is 9.80. The van der Waals surface area contributed by atoms with E-state index in [1.165, 1.54) is 0 Å². The molecule has 0 radical (unpaired) electrons. The third kappa shape index (κ3) is 4.75. The molecule has 0 aliphatic rings. The van der Waals surface area contributed by atoms with Crippen LogP contribution in [0.5, 0.6) is 0 Å². The van der Waals surface area contributed by atoms with Gasteiger partial charge in [-0.25, -0.2) is 19.9 Å². The topological polar surface area (TPSA) is 91.0 Å². The van der Waals surface area contributed by atoms with Gasteiger partial charge in [0.25, 0.3) is 0 Å². The first-order chi connectivity index (χ1) is 26.2. The van der Waals surface area contributed by atoms with Crippen molar-refractivity contribution in [3.05, 3.63) is 158 Å². The van der Waals surface area contributed by atoms with Crippen LogP contribution in [-0.4, -0.2) is 19.9 Å². The van der Waals surface area contributed by atoms with Gasteiger partial charge >= 0.3 is 0 Å². The third-order valence-electron chi connectivity index (χ3n) is 9.80. The van der Waals surface area contributed by atoms with Gasteiger partial charge in [-0.3, -0.25) is 0 Å². The van der Waals surface area contributed by atoms with Crippen molar-refractivity contribution in [3.63, 3.8) is 0 Å². The molecule has 11 aromatic rings. The van der Waals surface area contributed by atoms with Crippen LogP contribution in [0.4, 0.5) is 0 Å². The van der Waals surface area contributed by atoms with Crippen LogP contribution in [0.1, 0.15) is 0 Å². The van der Waals surface area contributed by atoms with E-state index in [-0.39, 0.29) is 0 Å². The maximum atomic E-state index is 6.50. The van der Waals surface area contributed by atoms with Crippen LogP contribution < -0.4 is 0 Å². The van der Waals surface area contributed by atoms with Crippen LogP contribution in [0.2, 0.25) is 0 Å². The molecule has 248 valence electrons. The quantitative estimate of drug-likeness (QED) is 0.178. The summed E-state index contributed by atoms with van der Waals surface area (Å²) in [4.78, 5) is 20.4. The zero-order valence-electron chi connectivity index (χ0n) is 28.0. The van der Waals surface area contributed by atoms with Gasteiger partial charge in [-0.1, -0.05) is 103 Å². The average molecular weight is 683 g/mol. The van der Waals surface area contributed by atoms with Crippen molar-refractivity contribution in [1.29, 1.82) is 0 Å². The van der Waals surface area contributed by atoms with Gasteiger partial charge in [0.15, 0.2) is 23.1 Å². The number of oxazole rings is 1. The van der Waals surface area contributed by atoms with Crippen molar-refractivity contribution in [2.75, 3.05) is 0 Å². The standard InChI is InChI=1S/C46H26N4O3/c1-3-12-27(13-4-1)29-24-25-31-39(26-29)52-38-23-11-18-33(41(31)38)44-48-43(32-17-10-22-37-40(32)30-16-7-8-21-36(30)51-37)49-45(50-44)34-19-9-20-35-42(34)53-46(47-35)28-14-5-2-6-15-28/h1-26H. The highest BCUT2D eigenvalue weighted by atomic mass is 16.3. The lowest BCUT2D eigenvalue weighted by molar-refractivity contribution is 0.620. The molecule has 0 N–H and O–H groups in total. The largest absolute Gasteiger partial charge is 0.456 e. The van der Waals surface area contributed by atoms with E-state index < -0.39 is 0 Å². The number of nitrogens with zero attached hydrogens (tertiary/aromatic N) is 4. The van der Waals surface area contributed by atoms with Gasteiger partial charge in [0.2, 0.25) is 5.89 Å². The van der Waals surface area contributed by atoms with E-state index in [9.17, 15) is 0 Å². The number of fused-ring (bicyclic) bond motifs is 7. The zero-order valence-corrected chi connectivity index (χ0v) is 28.0. The molecule has 0 spiro atoms. The Morgan fingerprint density at radius 3 is 1.60 bits per heavy atom. The molecule has 0 amide bonds. The molecule has 7 heteroatoms. The Hall–Kier alpha value is -7.38. The van der Waals surface area contributed by atoms with E-state index in [2.05, 4.69) is 36.4 Å². The summed E-state index contributed by atoms with van der Waals surface area (Å²) in [6, 6.07) is 52.4. The van der Waals surface area contributed by atoms with Crippen molar-refractivity contribution in [2.45, 2.75) is 0 Å². The van der Waals surface area contributed by atoms with Crippen LogP contribution in [0, 0.1) is 0 Å². The van der Waals surface area contributed by atoms with Gasteiger partial charge < -0.3 is 13.3 Å². The highest BCUT2D eigenvalue weighted by Crippen LogP contribution is 2.41. The van der Waals surface area contributed by atoms with E-state index in [4.69, 9.17) is 33.2 Å². The van der Waals surface area contributed by atoms with Crippen molar-refractivity contribution in [2.24, 2.45) is 0 Å². The summed E-state index contributed by atoms with van der Waals surface area (Å²) in [6.45, 7) is 0. The summed E-state index contributed by atoms with van der Waals surface area (Å²) in [7, 11) is 0. The number of hydrogen-bond acceptors (Lipinski definition) is 7. The molecule has 0 saturated heterocycles. The van der Waals surface area contributed by atoms with Gasteiger partial charge in [-0.05, 0) is 65.7 Å². The highest BCUT2D eigenvalue weighted by Gasteiger charge is 2.22. The fourth-order valence-corrected chi connectivity index (χ4v) is 7.35. The van der Waals surface area contributed by atoms with Crippen LogP contribution in [0.25, 0.3) is 112 Å². The van der Waals surface area contributed by atoms with E-state index in [1.54, 1.807) is 0 Å². The zero-order chi connectivity index (χ0) is 34.9. The molecule has 0 aliphatic carbocycles. The number of benzene rings is 7. The first-order valence-corrected chi connectivity index (χ1v) is 17.4. The summed E-state index contributed by atoms with van der Waals surface area (Å²) in [5.74, 6) is 2.02. The minimum atomic E-state index is 0.465. The second kappa shape index (κ2) is 11.6. The van der Waals surface area contributed by atoms with Crippen molar-refractivity contribution in [3.8, 4) is 56.7 Å². The molecular weight excluding hydrogens is 657 g/mol. The molecule has 7 nitrogen and oxygen atoms in total. The van der Waals surface area contributed by atoms with E-state index >= 15 is 0 Å². The Kier molecular flexibility index (Phi) is 6.42. The fraction of sp³-hybridized carbons (Fsp3) is 0. The van der Waals surface area contributed by atoms with Crippen LogP contribution in [-0.2, 0) is 0 Å². The number of aromatic nitrogens is 4. The van der Waals surface area contributed by atoms with Crippen LogP contribution in [0.3, 0.4) is 0 Å². The average Bonchev–Trinajstić information content (AvgIpc) is 3.94. The number of furan rings is 2. The SMILES string of the molecule is c1ccc(-c2ccc3c(c2)oc2cccc(-c4nc(-c5cccc6nc(-c7ccccc7)oc56)nc(-c5cccc6oc7ccccc7c56)n4)c23)cc1. The fourth-order valence-electron chi connectivity index (χ4n) is 7.35. The predicted octanol–water partition coefficient (Wildman–Crippen LogP) is 12.1. The Morgan fingerprint density at radius 1 is 0.340 bits per heavy atom. The Labute approximate surface area is 301 Å². The van der Waals surface area contributed by atoms with Crippen molar-refractivity contribution >= 4 is 55.0 Å². The molecule has 0 bridgehead atoms. The molecule has 53 heavy (non-hydrogen) atoms. The normalized spacial score (nSPS) is 11.8. The number of para-hydroxylation sites is 2. The predicted molar refractivity (Wildman–Crippen MR) is 209 cm³/mol. The Balaban J connectivity index is 1.17. The molecule has 0 saturated carbocycles. The van der Waals surface area contributed by atoms with E-state index in [1.807, 2.05) is 121 Å². The van der Waals surface area contributed by atoms with Gasteiger partial charge in [0, 0.05) is 38.2 Å². The van der Waals surface area contributed by atoms with Crippen molar-refractivity contribution in [1.82, 2.24) is 19.9 Å². The molecule has 4 aromatic heterocycles. The van der Waals surface area contributed by atoms with Gasteiger partial charge in [-0.2, -0.15) is 0 Å². The minimum Gasteiger partial charge on any atom is -0.456 e. The van der Waals surface area contributed by atoms with Crippen LogP contribution in [0.15, 0.2) is 171 Å². The summed E-state index contributed by atoms with van der Waals surface area (Å²) in [5.41, 5.74) is 9.88. The van der Waals surface area contributed by atoms with Gasteiger partial charge in [-0.15, -0.1) is 0 Å². The lowest BCUT2D eigenvalue weighted by atomic mass is 10.0. The molecule has 0 aliphatic heterocycles. The maximum Gasteiger partial charge on any atom is 0.227 e. The molecule has 0 atom stereocenters. The lowest BCUT2D eigenvalue weighted by Gasteiger charge is -2.10. The molecule has 0 fully saturated rings. The number of hydrogen-bond donors (Lipinski definition) is 0. The minimum absolute atomic E-state index is 0.465. The maximum absolute atomic E-state index is 6.50. The second-order valence-electron chi connectivity index (χ2n) is 13.0. The molecule has 0 unspecified atom stereocenters. The molecule has 4 heterocycles. The van der Waals surface area contributed by atoms with Gasteiger partial charge in [0.05, 0.1) is 5.56 Å². The van der Waals surface area contributed by atoms with Gasteiger partial charge in [0.1, 0.15) is 27.8 Å². The summed E-state index contributed by atoms with van der Waals surface area (Å²) >= 11 is 0. The van der Waals surface area contributed by atoms with Crippen LogP contribution >= 0.6 is 0 Å². The monoisotopic (exact) mass is 682 g/mol. The lowest BCUT2D eigenvalue weighted by Crippen LogP contribution is -2.01. The smallest absolute Gasteiger partial charge is 0.227 e.